The second-order valence-corrected chi connectivity index (χ2v) is 7.10. The fourth-order valence-corrected chi connectivity index (χ4v) is 3.78. The van der Waals surface area contributed by atoms with Gasteiger partial charge in [0.15, 0.2) is 0 Å². The highest BCUT2D eigenvalue weighted by atomic mass is 14.9. The highest BCUT2D eigenvalue weighted by Crippen LogP contribution is 2.39. The molecule has 6 nitrogen and oxygen atoms in total. The highest BCUT2D eigenvalue weighted by Gasteiger charge is 2.30. The molecule has 0 fully saturated rings. The van der Waals surface area contributed by atoms with Crippen molar-refractivity contribution in [3.05, 3.63) is 95.2 Å². The van der Waals surface area contributed by atoms with Gasteiger partial charge in [-0.15, -0.1) is 0 Å². The number of nitrogens with zero attached hydrogens (tertiary/aromatic N) is 6. The predicted molar refractivity (Wildman–Crippen MR) is 119 cm³/mol. The van der Waals surface area contributed by atoms with Crippen molar-refractivity contribution in [2.45, 2.75) is 0 Å². The molecule has 0 N–H and O–H groups in total. The van der Waals surface area contributed by atoms with Crippen molar-refractivity contribution in [2.24, 2.45) is 4.99 Å². The topological polar surface area (TPSA) is 110 Å². The number of benzene rings is 3. The minimum Gasteiger partial charge on any atom is -0.243 e. The van der Waals surface area contributed by atoms with E-state index in [2.05, 4.69) is 17.1 Å². The van der Waals surface area contributed by atoms with Crippen LogP contribution in [0.15, 0.2) is 77.8 Å². The lowest BCUT2D eigenvalue weighted by molar-refractivity contribution is 1.20. The Bertz CT molecular complexity index is 1530. The molecule has 0 saturated carbocycles. The van der Waals surface area contributed by atoms with Crippen LogP contribution in [0.5, 0.6) is 0 Å². The Kier molecular flexibility index (Phi) is 4.49. The third-order valence-electron chi connectivity index (χ3n) is 5.29. The van der Waals surface area contributed by atoms with Gasteiger partial charge in [-0.25, -0.2) is 9.97 Å². The second-order valence-electron chi connectivity index (χ2n) is 7.10. The molecule has 0 unspecified atom stereocenters. The van der Waals surface area contributed by atoms with E-state index in [0.29, 0.717) is 39.6 Å². The maximum atomic E-state index is 9.26. The van der Waals surface area contributed by atoms with Gasteiger partial charge in [-0.05, 0) is 24.3 Å². The van der Waals surface area contributed by atoms with Crippen LogP contribution in [0.1, 0.15) is 22.4 Å². The minimum absolute atomic E-state index is 0.492. The second kappa shape index (κ2) is 7.61. The number of hydrogen-bond donors (Lipinski definition) is 0. The molecular formula is C26H12N6. The molecular weight excluding hydrogens is 396 g/mol. The molecule has 0 atom stereocenters. The summed E-state index contributed by atoms with van der Waals surface area (Å²) >= 11 is 0. The average molecular weight is 408 g/mol. The van der Waals surface area contributed by atoms with Crippen LogP contribution >= 0.6 is 0 Å². The third kappa shape index (κ3) is 2.99. The summed E-state index contributed by atoms with van der Waals surface area (Å²) in [6.45, 7) is 0. The Hall–Kier alpha value is -5.12. The Morgan fingerprint density at radius 2 is 1.06 bits per heavy atom. The van der Waals surface area contributed by atoms with E-state index in [1.807, 2.05) is 54.7 Å². The highest BCUT2D eigenvalue weighted by molar-refractivity contribution is 6.23. The number of rotatable bonds is 2. The Balaban J connectivity index is 1.81. The molecule has 1 aliphatic rings. The Morgan fingerprint density at radius 3 is 1.56 bits per heavy atom. The largest absolute Gasteiger partial charge is 0.243 e. The van der Waals surface area contributed by atoms with Gasteiger partial charge in [0.2, 0.25) is 6.19 Å². The monoisotopic (exact) mass is 408 g/mol. The average Bonchev–Trinajstić information content (AvgIpc) is 3.16. The fourth-order valence-electron chi connectivity index (χ4n) is 3.78. The molecule has 0 spiro atoms. The summed E-state index contributed by atoms with van der Waals surface area (Å²) in [5.41, 5.74) is 7.31. The van der Waals surface area contributed by atoms with Gasteiger partial charge in [-0.3, -0.25) is 0 Å². The van der Waals surface area contributed by atoms with E-state index in [1.54, 1.807) is 24.3 Å². The number of fused-ring (bicyclic) bond motifs is 3. The maximum absolute atomic E-state index is 9.26. The summed E-state index contributed by atoms with van der Waals surface area (Å²) in [7, 11) is 0. The number of hydrogen-bond acceptors (Lipinski definition) is 6. The van der Waals surface area contributed by atoms with E-state index in [4.69, 9.17) is 20.5 Å². The molecule has 4 aromatic rings. The first-order valence-electron chi connectivity index (χ1n) is 9.73. The fraction of sp³-hybridized carbons (Fsp3) is 0. The summed E-state index contributed by atoms with van der Waals surface area (Å²) in [5, 5.41) is 27.6. The molecule has 1 aliphatic carbocycles. The van der Waals surface area contributed by atoms with Crippen LogP contribution in [0.25, 0.3) is 33.8 Å². The SMILES string of the molecule is N#C/N=C1\c2ccccc2-c2nc(-c3ccc(C#N)cc3)c(-c3ccc(C#N)cc3)nc21. The van der Waals surface area contributed by atoms with Gasteiger partial charge in [0.05, 0.1) is 40.3 Å². The van der Waals surface area contributed by atoms with Crippen LogP contribution in [-0.2, 0) is 0 Å². The summed E-state index contributed by atoms with van der Waals surface area (Å²) in [6.07, 6.45) is 1.88. The summed E-state index contributed by atoms with van der Waals surface area (Å²) in [5.74, 6) is 0. The van der Waals surface area contributed by atoms with Crippen molar-refractivity contribution in [2.75, 3.05) is 0 Å². The van der Waals surface area contributed by atoms with Crippen LogP contribution in [0, 0.1) is 34.1 Å². The van der Waals surface area contributed by atoms with E-state index in [1.165, 1.54) is 0 Å². The van der Waals surface area contributed by atoms with Gasteiger partial charge in [-0.1, -0.05) is 48.5 Å². The normalized spacial score (nSPS) is 12.3. The first-order valence-corrected chi connectivity index (χ1v) is 9.73. The standard InChI is InChI=1S/C26H12N6/c27-13-16-5-9-18(10-6-16)22-23(19-11-7-17(14-28)8-12-19)32-26-24(30-15-29)20-3-1-2-4-21(20)25(26)31-22/h1-12H/b30-24+. The van der Waals surface area contributed by atoms with Gasteiger partial charge in [0.25, 0.3) is 0 Å². The lowest BCUT2D eigenvalue weighted by Crippen LogP contribution is -2.04. The zero-order valence-corrected chi connectivity index (χ0v) is 16.6. The molecule has 32 heavy (non-hydrogen) atoms. The maximum Gasteiger partial charge on any atom is 0.206 e. The van der Waals surface area contributed by atoms with Crippen molar-refractivity contribution in [3.63, 3.8) is 0 Å². The van der Waals surface area contributed by atoms with Crippen molar-refractivity contribution < 1.29 is 0 Å². The summed E-state index contributed by atoms with van der Waals surface area (Å²) < 4.78 is 0. The zero-order chi connectivity index (χ0) is 22.1. The quantitative estimate of drug-likeness (QED) is 0.388. The van der Waals surface area contributed by atoms with Crippen molar-refractivity contribution >= 4 is 5.71 Å². The first kappa shape index (κ1) is 18.9. The van der Waals surface area contributed by atoms with Crippen molar-refractivity contribution in [3.8, 4) is 52.1 Å². The number of aliphatic imine (C=N–C) groups is 1. The Morgan fingerprint density at radius 1 is 0.562 bits per heavy atom. The molecule has 3 aromatic carbocycles. The summed E-state index contributed by atoms with van der Waals surface area (Å²) in [4.78, 5) is 13.9. The van der Waals surface area contributed by atoms with Crippen LogP contribution in [0.3, 0.4) is 0 Å². The van der Waals surface area contributed by atoms with Crippen LogP contribution in [-0.4, -0.2) is 15.7 Å². The molecule has 6 heteroatoms. The van der Waals surface area contributed by atoms with Gasteiger partial charge in [0, 0.05) is 22.3 Å². The van der Waals surface area contributed by atoms with Gasteiger partial charge in [-0.2, -0.15) is 20.8 Å². The minimum atomic E-state index is 0.492. The van der Waals surface area contributed by atoms with E-state index in [0.717, 1.165) is 22.3 Å². The van der Waals surface area contributed by atoms with Crippen LogP contribution in [0.4, 0.5) is 0 Å². The van der Waals surface area contributed by atoms with Crippen molar-refractivity contribution in [1.29, 1.82) is 15.8 Å². The van der Waals surface area contributed by atoms with Crippen LogP contribution in [0.2, 0.25) is 0 Å². The van der Waals surface area contributed by atoms with E-state index >= 15 is 0 Å². The van der Waals surface area contributed by atoms with E-state index in [9.17, 15) is 5.26 Å². The Labute approximate surface area is 184 Å². The van der Waals surface area contributed by atoms with E-state index < -0.39 is 0 Å². The van der Waals surface area contributed by atoms with Crippen molar-refractivity contribution in [1.82, 2.24) is 9.97 Å². The third-order valence-corrected chi connectivity index (χ3v) is 5.29. The molecule has 1 aromatic heterocycles. The lowest BCUT2D eigenvalue weighted by atomic mass is 10.0. The number of aromatic nitrogens is 2. The van der Waals surface area contributed by atoms with Gasteiger partial charge >= 0.3 is 0 Å². The molecule has 0 radical (unpaired) electrons. The summed E-state index contributed by atoms with van der Waals surface area (Å²) in [6, 6.07) is 26.2. The number of nitriles is 3. The van der Waals surface area contributed by atoms with E-state index in [-0.39, 0.29) is 0 Å². The molecule has 0 amide bonds. The molecule has 0 bridgehead atoms. The van der Waals surface area contributed by atoms with Gasteiger partial charge < -0.3 is 0 Å². The van der Waals surface area contributed by atoms with Gasteiger partial charge in [0.1, 0.15) is 11.4 Å². The molecule has 5 rings (SSSR count). The molecule has 0 saturated heterocycles. The van der Waals surface area contributed by atoms with Crippen LogP contribution < -0.4 is 0 Å². The predicted octanol–water partition coefficient (Wildman–Crippen LogP) is 4.85. The smallest absolute Gasteiger partial charge is 0.206 e. The molecule has 1 heterocycles. The zero-order valence-electron chi connectivity index (χ0n) is 16.6. The first-order chi connectivity index (χ1) is 15.7. The molecule has 146 valence electrons. The lowest BCUT2D eigenvalue weighted by Gasteiger charge is -2.12. The molecule has 0 aliphatic heterocycles.